The van der Waals surface area contributed by atoms with Crippen LogP contribution in [0.2, 0.25) is 0 Å². The topological polar surface area (TPSA) is 62.8 Å². The summed E-state index contributed by atoms with van der Waals surface area (Å²) < 4.78 is 7.58. The third-order valence-corrected chi connectivity index (χ3v) is 5.08. The standard InChI is InChI=1S/C21H20N4O2/c1-14-2-5-20-23-18(13-25(20)12-14)17-10-15-3-4-16(11-19(15)27-21(17)26)24-8-6-22-7-9-24/h2-5,10-13,22H,6-9H2,1H3. The van der Waals surface area contributed by atoms with Crippen LogP contribution in [0.25, 0.3) is 27.9 Å². The fraction of sp³-hybridized carbons (Fsp3) is 0.238. The molecule has 1 aliphatic heterocycles. The second kappa shape index (κ2) is 6.25. The van der Waals surface area contributed by atoms with Gasteiger partial charge in [0.25, 0.3) is 0 Å². The summed E-state index contributed by atoms with van der Waals surface area (Å²) in [5.41, 5.74) is 4.39. The first-order valence-corrected chi connectivity index (χ1v) is 9.17. The van der Waals surface area contributed by atoms with Crippen LogP contribution in [0.3, 0.4) is 0 Å². The largest absolute Gasteiger partial charge is 0.422 e. The highest BCUT2D eigenvalue weighted by Crippen LogP contribution is 2.25. The second-order valence-corrected chi connectivity index (χ2v) is 7.00. The van der Waals surface area contributed by atoms with E-state index in [2.05, 4.69) is 21.3 Å². The lowest BCUT2D eigenvalue weighted by Crippen LogP contribution is -2.43. The van der Waals surface area contributed by atoms with Gasteiger partial charge in [0.15, 0.2) is 0 Å². The minimum Gasteiger partial charge on any atom is -0.422 e. The number of nitrogens with zero attached hydrogens (tertiary/aromatic N) is 3. The van der Waals surface area contributed by atoms with Gasteiger partial charge in [-0.1, -0.05) is 6.07 Å². The van der Waals surface area contributed by atoms with E-state index in [0.29, 0.717) is 16.8 Å². The molecule has 0 aliphatic carbocycles. The fourth-order valence-corrected chi connectivity index (χ4v) is 3.63. The van der Waals surface area contributed by atoms with Crippen molar-refractivity contribution in [2.75, 3.05) is 31.1 Å². The number of pyridine rings is 1. The van der Waals surface area contributed by atoms with Crippen LogP contribution in [0.4, 0.5) is 5.69 Å². The van der Waals surface area contributed by atoms with Crippen molar-refractivity contribution in [2.45, 2.75) is 6.92 Å². The number of benzene rings is 1. The molecule has 1 aliphatic rings. The van der Waals surface area contributed by atoms with E-state index in [9.17, 15) is 4.79 Å². The van der Waals surface area contributed by atoms with Gasteiger partial charge in [0.05, 0.1) is 11.3 Å². The van der Waals surface area contributed by atoms with Gasteiger partial charge in [-0.2, -0.15) is 0 Å². The molecule has 0 spiro atoms. The van der Waals surface area contributed by atoms with Crippen molar-refractivity contribution in [1.82, 2.24) is 14.7 Å². The van der Waals surface area contributed by atoms with Gasteiger partial charge in [-0.05, 0) is 36.8 Å². The second-order valence-electron chi connectivity index (χ2n) is 7.00. The molecule has 4 heterocycles. The van der Waals surface area contributed by atoms with E-state index in [-0.39, 0.29) is 5.63 Å². The van der Waals surface area contributed by atoms with E-state index in [4.69, 9.17) is 4.42 Å². The van der Waals surface area contributed by atoms with Crippen LogP contribution in [0.5, 0.6) is 0 Å². The smallest absolute Gasteiger partial charge is 0.345 e. The summed E-state index contributed by atoms with van der Waals surface area (Å²) in [4.78, 5) is 19.5. The summed E-state index contributed by atoms with van der Waals surface area (Å²) >= 11 is 0. The molecule has 27 heavy (non-hydrogen) atoms. The number of hydrogen-bond donors (Lipinski definition) is 1. The number of aryl methyl sites for hydroxylation is 1. The van der Waals surface area contributed by atoms with Crippen LogP contribution < -0.4 is 15.8 Å². The van der Waals surface area contributed by atoms with Gasteiger partial charge in [-0.15, -0.1) is 0 Å². The Bertz CT molecular complexity index is 1200. The van der Waals surface area contributed by atoms with Crippen molar-refractivity contribution in [3.8, 4) is 11.3 Å². The maximum atomic E-state index is 12.6. The Labute approximate surface area is 156 Å². The molecule has 5 rings (SSSR count). The molecule has 1 fully saturated rings. The lowest BCUT2D eigenvalue weighted by Gasteiger charge is -2.29. The van der Waals surface area contributed by atoms with Crippen molar-refractivity contribution in [3.63, 3.8) is 0 Å². The highest BCUT2D eigenvalue weighted by Gasteiger charge is 2.14. The molecule has 4 aromatic rings. The minimum absolute atomic E-state index is 0.361. The van der Waals surface area contributed by atoms with E-state index in [1.165, 1.54) is 0 Å². The molecule has 0 saturated carbocycles. The molecule has 0 radical (unpaired) electrons. The average molecular weight is 360 g/mol. The molecule has 136 valence electrons. The zero-order valence-corrected chi connectivity index (χ0v) is 15.1. The monoisotopic (exact) mass is 360 g/mol. The highest BCUT2D eigenvalue weighted by molar-refractivity contribution is 5.84. The predicted molar refractivity (Wildman–Crippen MR) is 106 cm³/mol. The molecule has 1 N–H and O–H groups in total. The molecular formula is C21H20N4O2. The number of hydrogen-bond acceptors (Lipinski definition) is 5. The lowest BCUT2D eigenvalue weighted by molar-refractivity contribution is 0.561. The minimum atomic E-state index is -0.361. The van der Waals surface area contributed by atoms with Gasteiger partial charge in [-0.25, -0.2) is 9.78 Å². The Morgan fingerprint density at radius 2 is 1.93 bits per heavy atom. The van der Waals surface area contributed by atoms with Gasteiger partial charge >= 0.3 is 5.63 Å². The van der Waals surface area contributed by atoms with Crippen molar-refractivity contribution >= 4 is 22.3 Å². The van der Waals surface area contributed by atoms with Crippen molar-refractivity contribution < 1.29 is 4.42 Å². The van der Waals surface area contributed by atoms with Crippen molar-refractivity contribution in [3.05, 3.63) is 64.8 Å². The zero-order chi connectivity index (χ0) is 18.4. The van der Waals surface area contributed by atoms with E-state index in [1.54, 1.807) is 0 Å². The quantitative estimate of drug-likeness (QED) is 0.557. The van der Waals surface area contributed by atoms with Gasteiger partial charge in [-0.3, -0.25) is 0 Å². The summed E-state index contributed by atoms with van der Waals surface area (Å²) in [5, 5.41) is 4.25. The Morgan fingerprint density at radius 3 is 2.78 bits per heavy atom. The molecule has 1 saturated heterocycles. The molecule has 6 nitrogen and oxygen atoms in total. The first-order chi connectivity index (χ1) is 13.2. The molecule has 0 bridgehead atoms. The molecule has 1 aromatic carbocycles. The number of rotatable bonds is 2. The molecule has 0 unspecified atom stereocenters. The Kier molecular flexibility index (Phi) is 3.72. The zero-order valence-electron chi connectivity index (χ0n) is 15.1. The predicted octanol–water partition coefficient (Wildman–Crippen LogP) is 2.83. The molecule has 0 amide bonds. The first kappa shape index (κ1) is 16.1. The molecular weight excluding hydrogens is 340 g/mol. The Morgan fingerprint density at radius 1 is 1.07 bits per heavy atom. The highest BCUT2D eigenvalue weighted by atomic mass is 16.4. The molecule has 0 atom stereocenters. The fourth-order valence-electron chi connectivity index (χ4n) is 3.63. The van der Waals surface area contributed by atoms with E-state index >= 15 is 0 Å². The number of anilines is 1. The molecule has 6 heteroatoms. The van der Waals surface area contributed by atoms with Gasteiger partial charge in [0, 0.05) is 55.7 Å². The number of fused-ring (bicyclic) bond motifs is 2. The van der Waals surface area contributed by atoms with Gasteiger partial charge in [0.2, 0.25) is 0 Å². The molecule has 3 aromatic heterocycles. The number of piperazine rings is 1. The average Bonchev–Trinajstić information content (AvgIpc) is 3.10. The number of aromatic nitrogens is 2. The summed E-state index contributed by atoms with van der Waals surface area (Å²) in [5.74, 6) is 0. The number of nitrogens with one attached hydrogen (secondary N) is 1. The number of imidazole rings is 1. The normalized spacial score (nSPS) is 14.9. The van der Waals surface area contributed by atoms with E-state index in [1.807, 2.05) is 54.0 Å². The summed E-state index contributed by atoms with van der Waals surface area (Å²) in [6, 6.07) is 11.9. The van der Waals surface area contributed by atoms with Crippen LogP contribution in [0.15, 0.2) is 58.0 Å². The Balaban J connectivity index is 1.58. The summed E-state index contributed by atoms with van der Waals surface area (Å²) in [6.45, 7) is 5.87. The van der Waals surface area contributed by atoms with Crippen LogP contribution in [0.1, 0.15) is 5.56 Å². The van der Waals surface area contributed by atoms with Crippen LogP contribution in [-0.2, 0) is 0 Å². The van der Waals surface area contributed by atoms with E-state index in [0.717, 1.165) is 48.5 Å². The Hall–Kier alpha value is -3.12. The van der Waals surface area contributed by atoms with Crippen molar-refractivity contribution in [1.29, 1.82) is 0 Å². The van der Waals surface area contributed by atoms with Crippen LogP contribution in [-0.4, -0.2) is 35.6 Å². The summed E-state index contributed by atoms with van der Waals surface area (Å²) in [6.07, 6.45) is 3.86. The SMILES string of the molecule is Cc1ccc2nc(-c3cc4ccc(N5CCNCC5)cc4oc3=O)cn2c1. The van der Waals surface area contributed by atoms with E-state index < -0.39 is 0 Å². The third-order valence-electron chi connectivity index (χ3n) is 5.08. The van der Waals surface area contributed by atoms with Crippen molar-refractivity contribution in [2.24, 2.45) is 0 Å². The first-order valence-electron chi connectivity index (χ1n) is 9.17. The van der Waals surface area contributed by atoms with Crippen LogP contribution in [0, 0.1) is 6.92 Å². The summed E-state index contributed by atoms with van der Waals surface area (Å²) in [7, 11) is 0. The third kappa shape index (κ3) is 2.88. The maximum absolute atomic E-state index is 12.6. The van der Waals surface area contributed by atoms with Crippen LogP contribution >= 0.6 is 0 Å². The van der Waals surface area contributed by atoms with Gasteiger partial charge in [0.1, 0.15) is 11.2 Å². The van der Waals surface area contributed by atoms with Gasteiger partial charge < -0.3 is 19.0 Å². The lowest BCUT2D eigenvalue weighted by atomic mass is 10.1. The maximum Gasteiger partial charge on any atom is 0.345 e.